The Morgan fingerprint density at radius 1 is 1.40 bits per heavy atom. The van der Waals surface area contributed by atoms with Crippen LogP contribution in [-0.4, -0.2) is 32.2 Å². The first-order valence-corrected chi connectivity index (χ1v) is 7.44. The molecular weight excluding hydrogens is 252 g/mol. The fourth-order valence-electron chi connectivity index (χ4n) is 2.33. The quantitative estimate of drug-likeness (QED) is 0.868. The molecule has 0 bridgehead atoms. The minimum absolute atomic E-state index is 0.0328. The van der Waals surface area contributed by atoms with E-state index in [0.29, 0.717) is 6.61 Å². The molecule has 1 aliphatic heterocycles. The van der Waals surface area contributed by atoms with Crippen molar-refractivity contribution in [2.45, 2.75) is 38.7 Å². The number of hydrogen-bond donors (Lipinski definition) is 1. The number of hydrogen-bond acceptors (Lipinski definition) is 3. The second-order valence-corrected chi connectivity index (χ2v) is 5.31. The number of rotatable bonds is 6. The fraction of sp³-hybridized carbons (Fsp3) is 0.562. The molecule has 4 nitrogen and oxygen atoms in total. The Morgan fingerprint density at radius 2 is 2.15 bits per heavy atom. The highest BCUT2D eigenvalue weighted by molar-refractivity contribution is 5.94. The number of benzene rings is 1. The third-order valence-corrected chi connectivity index (χ3v) is 3.64. The summed E-state index contributed by atoms with van der Waals surface area (Å²) in [5, 5.41) is 2.91. The van der Waals surface area contributed by atoms with E-state index >= 15 is 0 Å². The van der Waals surface area contributed by atoms with Gasteiger partial charge in [0.1, 0.15) is 6.10 Å². The maximum atomic E-state index is 11.9. The lowest BCUT2D eigenvalue weighted by Crippen LogP contribution is -2.26. The zero-order valence-electron chi connectivity index (χ0n) is 12.4. The maximum Gasteiger partial charge on any atom is 0.253 e. The van der Waals surface area contributed by atoms with Crippen LogP contribution in [0.1, 0.15) is 32.6 Å². The molecule has 0 aliphatic carbocycles. The second kappa shape index (κ2) is 7.29. The average molecular weight is 276 g/mol. The molecule has 1 unspecified atom stereocenters. The minimum Gasteiger partial charge on any atom is -0.375 e. The number of nitrogens with zero attached hydrogens (tertiary/aromatic N) is 1. The molecule has 1 N–H and O–H groups in total. The van der Waals surface area contributed by atoms with E-state index in [2.05, 4.69) is 24.2 Å². The molecule has 0 aromatic heterocycles. The van der Waals surface area contributed by atoms with E-state index in [1.165, 1.54) is 18.5 Å². The molecule has 0 spiro atoms. The SMILES string of the molecule is CCCCN(C)c1ccc(NC(=O)C2CCCO2)cc1. The predicted octanol–water partition coefficient (Wildman–Crippen LogP) is 3.04. The van der Waals surface area contributed by atoms with Crippen molar-refractivity contribution in [2.75, 3.05) is 30.4 Å². The van der Waals surface area contributed by atoms with Crippen LogP contribution in [0.3, 0.4) is 0 Å². The third-order valence-electron chi connectivity index (χ3n) is 3.64. The molecule has 1 saturated heterocycles. The Bertz CT molecular complexity index is 425. The number of ether oxygens (including phenoxy) is 1. The zero-order chi connectivity index (χ0) is 14.4. The molecule has 1 fully saturated rings. The second-order valence-electron chi connectivity index (χ2n) is 5.31. The van der Waals surface area contributed by atoms with E-state index in [1.807, 2.05) is 24.3 Å². The topological polar surface area (TPSA) is 41.6 Å². The molecule has 1 amide bonds. The highest BCUT2D eigenvalue weighted by Crippen LogP contribution is 2.19. The monoisotopic (exact) mass is 276 g/mol. The Kier molecular flexibility index (Phi) is 5.41. The van der Waals surface area contributed by atoms with E-state index in [9.17, 15) is 4.79 Å². The van der Waals surface area contributed by atoms with Crippen LogP contribution in [0.4, 0.5) is 11.4 Å². The van der Waals surface area contributed by atoms with Gasteiger partial charge in [-0.25, -0.2) is 0 Å². The smallest absolute Gasteiger partial charge is 0.253 e. The Balaban J connectivity index is 1.89. The third kappa shape index (κ3) is 3.97. The summed E-state index contributed by atoms with van der Waals surface area (Å²) >= 11 is 0. The zero-order valence-corrected chi connectivity index (χ0v) is 12.4. The summed E-state index contributed by atoms with van der Waals surface area (Å²) in [5.74, 6) is -0.0328. The number of nitrogens with one attached hydrogen (secondary N) is 1. The molecule has 2 rings (SSSR count). The largest absolute Gasteiger partial charge is 0.375 e. The Hall–Kier alpha value is -1.55. The van der Waals surface area contributed by atoms with Gasteiger partial charge in [-0.05, 0) is 43.5 Å². The summed E-state index contributed by atoms with van der Waals surface area (Å²) in [6, 6.07) is 7.98. The van der Waals surface area contributed by atoms with Crippen molar-refractivity contribution < 1.29 is 9.53 Å². The van der Waals surface area contributed by atoms with E-state index in [4.69, 9.17) is 4.74 Å². The van der Waals surface area contributed by atoms with E-state index < -0.39 is 0 Å². The van der Waals surface area contributed by atoms with Gasteiger partial charge in [0.05, 0.1) is 0 Å². The summed E-state index contributed by atoms with van der Waals surface area (Å²) in [4.78, 5) is 14.2. The molecule has 1 aromatic carbocycles. The first-order valence-electron chi connectivity index (χ1n) is 7.44. The minimum atomic E-state index is -0.276. The molecule has 1 heterocycles. The lowest BCUT2D eigenvalue weighted by atomic mass is 10.2. The predicted molar refractivity (Wildman–Crippen MR) is 82.2 cm³/mol. The summed E-state index contributed by atoms with van der Waals surface area (Å²) in [6.45, 7) is 3.94. The summed E-state index contributed by atoms with van der Waals surface area (Å²) in [6.07, 6.45) is 3.90. The first kappa shape index (κ1) is 14.9. The van der Waals surface area contributed by atoms with Gasteiger partial charge >= 0.3 is 0 Å². The van der Waals surface area contributed by atoms with Gasteiger partial charge in [0.15, 0.2) is 0 Å². The van der Waals surface area contributed by atoms with E-state index in [-0.39, 0.29) is 12.0 Å². The maximum absolute atomic E-state index is 11.9. The van der Waals surface area contributed by atoms with Crippen LogP contribution in [0, 0.1) is 0 Å². The van der Waals surface area contributed by atoms with Gasteiger partial charge < -0.3 is 15.0 Å². The number of amides is 1. The van der Waals surface area contributed by atoms with Gasteiger partial charge in [0.2, 0.25) is 0 Å². The van der Waals surface area contributed by atoms with Gasteiger partial charge in [0, 0.05) is 31.6 Å². The van der Waals surface area contributed by atoms with Gasteiger partial charge in [-0.3, -0.25) is 4.79 Å². The average Bonchev–Trinajstić information content (AvgIpc) is 3.00. The van der Waals surface area contributed by atoms with Crippen molar-refractivity contribution in [1.29, 1.82) is 0 Å². The van der Waals surface area contributed by atoms with Crippen molar-refractivity contribution in [3.8, 4) is 0 Å². The number of anilines is 2. The molecular formula is C16H24N2O2. The summed E-state index contributed by atoms with van der Waals surface area (Å²) in [7, 11) is 2.09. The van der Waals surface area contributed by atoms with Gasteiger partial charge in [-0.2, -0.15) is 0 Å². The van der Waals surface area contributed by atoms with Crippen LogP contribution in [0.25, 0.3) is 0 Å². The highest BCUT2D eigenvalue weighted by atomic mass is 16.5. The van der Waals surface area contributed by atoms with Gasteiger partial charge in [-0.15, -0.1) is 0 Å². The number of carbonyl (C=O) groups excluding carboxylic acids is 1. The van der Waals surface area contributed by atoms with Crippen LogP contribution in [0.2, 0.25) is 0 Å². The number of unbranched alkanes of at least 4 members (excludes halogenated alkanes) is 1. The summed E-state index contributed by atoms with van der Waals surface area (Å²) < 4.78 is 5.37. The molecule has 0 radical (unpaired) electrons. The van der Waals surface area contributed by atoms with Crippen LogP contribution >= 0.6 is 0 Å². The Morgan fingerprint density at radius 3 is 2.75 bits per heavy atom. The highest BCUT2D eigenvalue weighted by Gasteiger charge is 2.23. The van der Waals surface area contributed by atoms with Crippen molar-refractivity contribution >= 4 is 17.3 Å². The first-order chi connectivity index (χ1) is 9.70. The Labute approximate surface area is 121 Å². The van der Waals surface area contributed by atoms with Gasteiger partial charge in [0.25, 0.3) is 5.91 Å². The van der Waals surface area contributed by atoms with E-state index in [1.54, 1.807) is 0 Å². The lowest BCUT2D eigenvalue weighted by Gasteiger charge is -2.19. The lowest BCUT2D eigenvalue weighted by molar-refractivity contribution is -0.124. The van der Waals surface area contributed by atoms with Crippen molar-refractivity contribution in [3.63, 3.8) is 0 Å². The van der Waals surface area contributed by atoms with Crippen LogP contribution < -0.4 is 10.2 Å². The molecule has 1 aliphatic rings. The van der Waals surface area contributed by atoms with Crippen LogP contribution in [0.5, 0.6) is 0 Å². The fourth-order valence-corrected chi connectivity index (χ4v) is 2.33. The molecule has 4 heteroatoms. The molecule has 1 atom stereocenters. The van der Waals surface area contributed by atoms with Crippen molar-refractivity contribution in [1.82, 2.24) is 0 Å². The summed E-state index contributed by atoms with van der Waals surface area (Å²) in [5.41, 5.74) is 2.01. The van der Waals surface area contributed by atoms with Crippen molar-refractivity contribution in [2.24, 2.45) is 0 Å². The number of carbonyl (C=O) groups is 1. The normalized spacial score (nSPS) is 18.0. The van der Waals surface area contributed by atoms with Crippen LogP contribution in [0.15, 0.2) is 24.3 Å². The standard InChI is InChI=1S/C16H24N2O2/c1-3-4-11-18(2)14-9-7-13(8-10-14)17-16(19)15-6-5-12-20-15/h7-10,15H,3-6,11-12H2,1-2H3,(H,17,19). The van der Waals surface area contributed by atoms with Crippen LogP contribution in [-0.2, 0) is 9.53 Å². The molecule has 1 aromatic rings. The molecule has 110 valence electrons. The van der Waals surface area contributed by atoms with E-state index in [0.717, 1.165) is 25.1 Å². The molecule has 0 saturated carbocycles. The van der Waals surface area contributed by atoms with Gasteiger partial charge in [-0.1, -0.05) is 13.3 Å². The van der Waals surface area contributed by atoms with Crippen molar-refractivity contribution in [3.05, 3.63) is 24.3 Å². The molecule has 20 heavy (non-hydrogen) atoms.